The molecule has 3 heteroatoms. The number of carboxylic acid groups (broad SMARTS) is 1. The van der Waals surface area contributed by atoms with Crippen molar-refractivity contribution in [2.24, 2.45) is 5.73 Å². The molecule has 2 rings (SSSR count). The minimum absolute atomic E-state index is 0.190. The molecule has 0 fully saturated rings. The van der Waals surface area contributed by atoms with Crippen LogP contribution in [0.4, 0.5) is 0 Å². The Morgan fingerprint density at radius 3 is 2.53 bits per heavy atom. The molecule has 0 aliphatic heterocycles. The Morgan fingerprint density at radius 1 is 1.24 bits per heavy atom. The average molecular weight is 227 g/mol. The van der Waals surface area contributed by atoms with Gasteiger partial charge in [0.15, 0.2) is 0 Å². The molecule has 3 N–H and O–H groups in total. The van der Waals surface area contributed by atoms with E-state index in [0.717, 1.165) is 11.1 Å². The summed E-state index contributed by atoms with van der Waals surface area (Å²) in [5.74, 6) is -0.975. The van der Waals surface area contributed by atoms with Crippen molar-refractivity contribution in [2.45, 2.75) is 6.42 Å². The lowest BCUT2D eigenvalue weighted by atomic mass is 9.97. The smallest absolute Gasteiger partial charge is 0.337 e. The molecule has 0 bridgehead atoms. The van der Waals surface area contributed by atoms with E-state index >= 15 is 0 Å². The van der Waals surface area contributed by atoms with E-state index in [4.69, 9.17) is 10.8 Å². The van der Waals surface area contributed by atoms with Crippen LogP contribution in [0.25, 0.3) is 6.08 Å². The molecule has 1 aromatic rings. The van der Waals surface area contributed by atoms with Gasteiger partial charge in [-0.05, 0) is 17.2 Å². The number of carboxylic acids is 1. The molecule has 0 saturated heterocycles. The number of allylic oxidation sites excluding steroid dienone is 2. The van der Waals surface area contributed by atoms with E-state index < -0.39 is 5.97 Å². The number of carbonyl (C=O) groups is 1. The summed E-state index contributed by atoms with van der Waals surface area (Å²) in [6.45, 7) is 0. The predicted octanol–water partition coefficient (Wildman–Crippen LogP) is 2.33. The summed E-state index contributed by atoms with van der Waals surface area (Å²) in [5, 5.41) is 8.88. The first-order chi connectivity index (χ1) is 8.16. The van der Waals surface area contributed by atoms with Gasteiger partial charge < -0.3 is 10.8 Å². The second kappa shape index (κ2) is 4.70. The van der Waals surface area contributed by atoms with E-state index in [1.165, 1.54) is 0 Å². The van der Waals surface area contributed by atoms with Crippen molar-refractivity contribution >= 4 is 12.0 Å². The number of aliphatic carboxylic acids is 1. The van der Waals surface area contributed by atoms with Crippen LogP contribution in [-0.2, 0) is 4.79 Å². The third-order valence-corrected chi connectivity index (χ3v) is 2.59. The van der Waals surface area contributed by atoms with Gasteiger partial charge in [-0.2, -0.15) is 0 Å². The normalized spacial score (nSPS) is 17.5. The maximum absolute atomic E-state index is 10.8. The number of hydrogen-bond acceptors (Lipinski definition) is 2. The zero-order chi connectivity index (χ0) is 12.3. The molecule has 0 atom stereocenters. The third-order valence-electron chi connectivity index (χ3n) is 2.59. The van der Waals surface area contributed by atoms with Crippen molar-refractivity contribution in [3.05, 3.63) is 64.9 Å². The molecule has 0 radical (unpaired) electrons. The maximum atomic E-state index is 10.8. The average Bonchev–Trinajstić information content (AvgIpc) is 2.30. The molecular weight excluding hydrogens is 214 g/mol. The fourth-order valence-electron chi connectivity index (χ4n) is 1.74. The molecule has 1 aliphatic carbocycles. The van der Waals surface area contributed by atoms with Gasteiger partial charge in [-0.15, -0.1) is 0 Å². The van der Waals surface area contributed by atoms with E-state index in [0.29, 0.717) is 12.1 Å². The minimum Gasteiger partial charge on any atom is -0.478 e. The van der Waals surface area contributed by atoms with E-state index in [1.807, 2.05) is 36.4 Å². The lowest BCUT2D eigenvalue weighted by Crippen LogP contribution is -2.12. The largest absolute Gasteiger partial charge is 0.478 e. The Bertz CT molecular complexity index is 524. The summed E-state index contributed by atoms with van der Waals surface area (Å²) >= 11 is 0. The van der Waals surface area contributed by atoms with Crippen LogP contribution >= 0.6 is 0 Å². The number of rotatable bonds is 2. The van der Waals surface area contributed by atoms with Gasteiger partial charge in [-0.1, -0.05) is 42.5 Å². The lowest BCUT2D eigenvalue weighted by Gasteiger charge is -2.11. The second-order valence-electron chi connectivity index (χ2n) is 3.88. The molecule has 0 saturated carbocycles. The first kappa shape index (κ1) is 11.2. The zero-order valence-electron chi connectivity index (χ0n) is 9.26. The summed E-state index contributed by atoms with van der Waals surface area (Å²) in [6, 6.07) is 9.86. The van der Waals surface area contributed by atoms with Gasteiger partial charge in [0.1, 0.15) is 0 Å². The summed E-state index contributed by atoms with van der Waals surface area (Å²) in [5.41, 5.74) is 8.42. The standard InChI is InChI=1S/C14H13NO2/c15-13-9-11(6-7-12(13)14(16)17)8-10-4-2-1-3-5-10/h1-8H,9,15H2,(H,16,17). The Morgan fingerprint density at radius 2 is 1.94 bits per heavy atom. The Kier molecular flexibility index (Phi) is 3.10. The summed E-state index contributed by atoms with van der Waals surface area (Å²) in [7, 11) is 0. The van der Waals surface area contributed by atoms with Crippen LogP contribution in [0.1, 0.15) is 12.0 Å². The predicted molar refractivity (Wildman–Crippen MR) is 67.0 cm³/mol. The fraction of sp³-hybridized carbons (Fsp3) is 0.0714. The molecule has 0 amide bonds. The van der Waals surface area contributed by atoms with Crippen molar-refractivity contribution in [3.63, 3.8) is 0 Å². The van der Waals surface area contributed by atoms with Crippen LogP contribution in [0, 0.1) is 0 Å². The van der Waals surface area contributed by atoms with Crippen LogP contribution in [0.15, 0.2) is 59.3 Å². The number of benzene rings is 1. The summed E-state index contributed by atoms with van der Waals surface area (Å²) < 4.78 is 0. The van der Waals surface area contributed by atoms with Crippen molar-refractivity contribution in [2.75, 3.05) is 0 Å². The highest BCUT2D eigenvalue weighted by Gasteiger charge is 2.13. The van der Waals surface area contributed by atoms with E-state index in [9.17, 15) is 4.79 Å². The lowest BCUT2D eigenvalue weighted by molar-refractivity contribution is -0.132. The molecule has 0 heterocycles. The Balaban J connectivity index is 2.23. The Labute approximate surface area is 99.6 Å². The van der Waals surface area contributed by atoms with E-state index in [-0.39, 0.29) is 5.57 Å². The molecule has 17 heavy (non-hydrogen) atoms. The van der Waals surface area contributed by atoms with Crippen molar-refractivity contribution in [1.29, 1.82) is 0 Å². The monoisotopic (exact) mass is 227 g/mol. The van der Waals surface area contributed by atoms with Crippen LogP contribution in [-0.4, -0.2) is 11.1 Å². The van der Waals surface area contributed by atoms with Gasteiger partial charge in [0.2, 0.25) is 0 Å². The van der Waals surface area contributed by atoms with Gasteiger partial charge in [-0.25, -0.2) is 4.79 Å². The van der Waals surface area contributed by atoms with Gasteiger partial charge in [-0.3, -0.25) is 0 Å². The van der Waals surface area contributed by atoms with Crippen molar-refractivity contribution < 1.29 is 9.90 Å². The molecule has 0 aromatic heterocycles. The van der Waals surface area contributed by atoms with Crippen LogP contribution in [0.2, 0.25) is 0 Å². The highest BCUT2D eigenvalue weighted by molar-refractivity contribution is 5.91. The molecular formula is C14H13NO2. The molecule has 86 valence electrons. The quantitative estimate of drug-likeness (QED) is 0.815. The van der Waals surface area contributed by atoms with Gasteiger partial charge in [0.25, 0.3) is 0 Å². The van der Waals surface area contributed by atoms with Crippen LogP contribution in [0.5, 0.6) is 0 Å². The van der Waals surface area contributed by atoms with Gasteiger partial charge in [0.05, 0.1) is 5.57 Å². The van der Waals surface area contributed by atoms with Crippen molar-refractivity contribution in [3.8, 4) is 0 Å². The SMILES string of the molecule is NC1=C(C(=O)O)C=CC(=Cc2ccccc2)C1. The minimum atomic E-state index is -0.975. The second-order valence-corrected chi connectivity index (χ2v) is 3.88. The Hall–Kier alpha value is -2.29. The first-order valence-corrected chi connectivity index (χ1v) is 5.32. The molecule has 3 nitrogen and oxygen atoms in total. The van der Waals surface area contributed by atoms with Crippen LogP contribution in [0.3, 0.4) is 0 Å². The zero-order valence-corrected chi connectivity index (χ0v) is 9.26. The highest BCUT2D eigenvalue weighted by atomic mass is 16.4. The highest BCUT2D eigenvalue weighted by Crippen LogP contribution is 2.22. The molecule has 1 aromatic carbocycles. The van der Waals surface area contributed by atoms with Crippen LogP contribution < -0.4 is 5.73 Å². The van der Waals surface area contributed by atoms with E-state index in [1.54, 1.807) is 12.2 Å². The maximum Gasteiger partial charge on any atom is 0.337 e. The molecule has 0 unspecified atom stereocenters. The molecule has 0 spiro atoms. The van der Waals surface area contributed by atoms with E-state index in [2.05, 4.69) is 0 Å². The third kappa shape index (κ3) is 2.64. The van der Waals surface area contributed by atoms with Gasteiger partial charge in [0, 0.05) is 12.1 Å². The van der Waals surface area contributed by atoms with Gasteiger partial charge >= 0.3 is 5.97 Å². The van der Waals surface area contributed by atoms with Crippen molar-refractivity contribution in [1.82, 2.24) is 0 Å². The summed E-state index contributed by atoms with van der Waals surface area (Å²) in [6.07, 6.45) is 5.83. The summed E-state index contributed by atoms with van der Waals surface area (Å²) in [4.78, 5) is 10.8. The number of hydrogen-bond donors (Lipinski definition) is 2. The topological polar surface area (TPSA) is 63.3 Å². The number of nitrogens with two attached hydrogens (primary N) is 1. The fourth-order valence-corrected chi connectivity index (χ4v) is 1.74. The first-order valence-electron chi connectivity index (χ1n) is 5.32. The molecule has 1 aliphatic rings.